The molecule has 21 heavy (non-hydrogen) atoms. The van der Waals surface area contributed by atoms with E-state index < -0.39 is 11.0 Å². The van der Waals surface area contributed by atoms with Crippen LogP contribution in [0.25, 0.3) is 21.8 Å². The molecular weight excluding hydrogens is 274 g/mol. The number of aromatic nitrogens is 1. The van der Waals surface area contributed by atoms with Crippen molar-refractivity contribution in [1.29, 1.82) is 0 Å². The highest BCUT2D eigenvalue weighted by Gasteiger charge is 2.23. The molecule has 106 valence electrons. The highest BCUT2D eigenvalue weighted by Crippen LogP contribution is 2.34. The molecule has 0 fully saturated rings. The zero-order valence-electron chi connectivity index (χ0n) is 11.1. The number of para-hydroxylation sites is 2. The van der Waals surface area contributed by atoms with Crippen LogP contribution >= 0.6 is 0 Å². The van der Waals surface area contributed by atoms with Gasteiger partial charge < -0.3 is 0 Å². The largest absolute Gasteiger partial charge is 0.350 e. The van der Waals surface area contributed by atoms with E-state index >= 15 is 0 Å². The summed E-state index contributed by atoms with van der Waals surface area (Å²) >= 11 is 0. The molecule has 1 heterocycles. The number of nitro benzene ring substituents is 1. The highest BCUT2D eigenvalue weighted by molar-refractivity contribution is 6.15. The lowest BCUT2D eigenvalue weighted by molar-refractivity contribution is -0.383. The van der Waals surface area contributed by atoms with E-state index in [1.165, 1.54) is 17.7 Å². The van der Waals surface area contributed by atoms with Gasteiger partial charge >= 0.3 is 6.03 Å². The summed E-state index contributed by atoms with van der Waals surface area (Å²) in [5.74, 6) is 0. The van der Waals surface area contributed by atoms with Crippen molar-refractivity contribution in [1.82, 2.24) is 10.0 Å². The van der Waals surface area contributed by atoms with Gasteiger partial charge in [-0.05, 0) is 6.07 Å². The molecule has 0 atom stereocenters. The average molecular weight is 285 g/mol. The van der Waals surface area contributed by atoms with Crippen LogP contribution in [-0.4, -0.2) is 22.6 Å². The molecule has 0 saturated heterocycles. The monoisotopic (exact) mass is 285 g/mol. The summed E-state index contributed by atoms with van der Waals surface area (Å²) < 4.78 is 1.26. The Morgan fingerprint density at radius 1 is 1.19 bits per heavy atom. The third-order valence-electron chi connectivity index (χ3n) is 3.26. The first-order valence-electron chi connectivity index (χ1n) is 6.15. The lowest BCUT2D eigenvalue weighted by Gasteiger charge is -2.06. The number of carbonyl (C=O) groups is 1. The summed E-state index contributed by atoms with van der Waals surface area (Å²) in [6, 6.07) is 11.3. The molecule has 3 aromatic rings. The second-order valence-corrected chi connectivity index (χ2v) is 4.39. The third-order valence-corrected chi connectivity index (χ3v) is 3.26. The summed E-state index contributed by atoms with van der Waals surface area (Å²) in [6.45, 7) is 0. The van der Waals surface area contributed by atoms with Gasteiger partial charge in [-0.25, -0.2) is 10.3 Å². The van der Waals surface area contributed by atoms with Crippen LogP contribution in [0.15, 0.2) is 42.5 Å². The van der Waals surface area contributed by atoms with E-state index in [0.717, 1.165) is 5.39 Å². The van der Waals surface area contributed by atoms with Crippen LogP contribution < -0.4 is 5.48 Å². The van der Waals surface area contributed by atoms with Crippen LogP contribution in [0.4, 0.5) is 10.5 Å². The molecule has 7 nitrogen and oxygen atoms in total. The van der Waals surface area contributed by atoms with Crippen molar-refractivity contribution in [3.05, 3.63) is 52.6 Å². The zero-order chi connectivity index (χ0) is 15.0. The second-order valence-electron chi connectivity index (χ2n) is 4.39. The zero-order valence-corrected chi connectivity index (χ0v) is 11.1. The van der Waals surface area contributed by atoms with E-state index in [0.29, 0.717) is 10.9 Å². The molecule has 0 bridgehead atoms. The number of nitro groups is 1. The molecule has 0 aliphatic heterocycles. The number of benzene rings is 2. The summed E-state index contributed by atoms with van der Waals surface area (Å²) in [5, 5.41) is 12.7. The van der Waals surface area contributed by atoms with Gasteiger partial charge in [0.1, 0.15) is 5.52 Å². The lowest BCUT2D eigenvalue weighted by Crippen LogP contribution is -2.27. The van der Waals surface area contributed by atoms with Crippen molar-refractivity contribution in [3.8, 4) is 0 Å². The Morgan fingerprint density at radius 2 is 1.90 bits per heavy atom. The molecule has 0 radical (unpaired) electrons. The summed E-state index contributed by atoms with van der Waals surface area (Å²) in [4.78, 5) is 27.6. The predicted octanol–water partition coefficient (Wildman–Crippen LogP) is 2.82. The van der Waals surface area contributed by atoms with Crippen LogP contribution in [-0.2, 0) is 4.84 Å². The number of nitrogens with zero attached hydrogens (tertiary/aromatic N) is 2. The fraction of sp³-hybridized carbons (Fsp3) is 0.0714. The van der Waals surface area contributed by atoms with Crippen LogP contribution in [0.5, 0.6) is 0 Å². The summed E-state index contributed by atoms with van der Waals surface area (Å²) in [6.07, 6.45) is 0. The van der Waals surface area contributed by atoms with Crippen LogP contribution in [0, 0.1) is 10.1 Å². The Bertz CT molecular complexity index is 869. The molecule has 3 rings (SSSR count). The minimum atomic E-state index is -0.585. The van der Waals surface area contributed by atoms with Gasteiger partial charge in [-0.2, -0.15) is 0 Å². The highest BCUT2D eigenvalue weighted by atomic mass is 16.6. The van der Waals surface area contributed by atoms with Gasteiger partial charge in [0.25, 0.3) is 5.69 Å². The maximum atomic E-state index is 12.2. The number of non-ortho nitro benzene ring substituents is 1. The molecular formula is C14H11N3O4. The van der Waals surface area contributed by atoms with E-state index in [2.05, 4.69) is 10.3 Å². The number of rotatable bonds is 2. The molecule has 0 unspecified atom stereocenters. The maximum absolute atomic E-state index is 12.2. The smallest absolute Gasteiger partial charge is 0.275 e. The second kappa shape index (κ2) is 4.88. The number of amides is 1. The molecule has 1 amide bonds. The Hall–Kier alpha value is -2.93. The van der Waals surface area contributed by atoms with Gasteiger partial charge in [0.2, 0.25) is 0 Å². The van der Waals surface area contributed by atoms with E-state index in [1.807, 2.05) is 12.1 Å². The lowest BCUT2D eigenvalue weighted by atomic mass is 10.1. The molecule has 7 heteroatoms. The van der Waals surface area contributed by atoms with Crippen molar-refractivity contribution < 1.29 is 14.6 Å². The fourth-order valence-corrected chi connectivity index (χ4v) is 2.49. The quantitative estimate of drug-likeness (QED) is 0.579. The SMILES string of the molecule is CONC(=O)n1c2ccccc2c2cccc([N+](=O)[O-])c21. The van der Waals surface area contributed by atoms with Crippen molar-refractivity contribution in [3.63, 3.8) is 0 Å². The fourth-order valence-electron chi connectivity index (χ4n) is 2.49. The van der Waals surface area contributed by atoms with Gasteiger partial charge in [-0.1, -0.05) is 30.3 Å². The van der Waals surface area contributed by atoms with Crippen molar-refractivity contribution in [2.75, 3.05) is 7.11 Å². The first-order chi connectivity index (χ1) is 10.1. The molecule has 0 saturated carbocycles. The third kappa shape index (κ3) is 1.91. The summed E-state index contributed by atoms with van der Waals surface area (Å²) in [7, 11) is 1.31. The Morgan fingerprint density at radius 3 is 2.62 bits per heavy atom. The molecule has 0 aliphatic carbocycles. The molecule has 2 aromatic carbocycles. The molecule has 0 spiro atoms. The van der Waals surface area contributed by atoms with E-state index in [4.69, 9.17) is 0 Å². The topological polar surface area (TPSA) is 86.4 Å². The van der Waals surface area contributed by atoms with Crippen LogP contribution in [0.3, 0.4) is 0 Å². The Balaban J connectivity index is 2.50. The van der Waals surface area contributed by atoms with Gasteiger partial charge in [0, 0.05) is 16.8 Å². The average Bonchev–Trinajstić information content (AvgIpc) is 2.81. The molecule has 1 aromatic heterocycles. The molecule has 0 aliphatic rings. The van der Waals surface area contributed by atoms with E-state index in [9.17, 15) is 14.9 Å². The number of nitrogens with one attached hydrogen (secondary N) is 1. The minimum Gasteiger partial charge on any atom is -0.275 e. The predicted molar refractivity (Wildman–Crippen MR) is 77.0 cm³/mol. The van der Waals surface area contributed by atoms with Crippen molar-refractivity contribution >= 4 is 33.5 Å². The Kier molecular flexibility index (Phi) is 3.03. The number of hydrogen-bond donors (Lipinski definition) is 1. The number of carbonyl (C=O) groups excluding carboxylic acids is 1. The van der Waals surface area contributed by atoms with Crippen molar-refractivity contribution in [2.45, 2.75) is 0 Å². The van der Waals surface area contributed by atoms with Gasteiger partial charge in [0.05, 0.1) is 17.5 Å². The number of hydrogen-bond acceptors (Lipinski definition) is 4. The first-order valence-corrected chi connectivity index (χ1v) is 6.15. The van der Waals surface area contributed by atoms with Gasteiger partial charge in [-0.15, -0.1) is 0 Å². The number of fused-ring (bicyclic) bond motifs is 3. The number of hydroxylamine groups is 1. The minimum absolute atomic E-state index is 0.130. The van der Waals surface area contributed by atoms with Crippen molar-refractivity contribution in [2.24, 2.45) is 0 Å². The summed E-state index contributed by atoms with van der Waals surface area (Å²) in [5.41, 5.74) is 2.90. The first kappa shape index (κ1) is 13.1. The normalized spacial score (nSPS) is 10.9. The van der Waals surface area contributed by atoms with E-state index in [-0.39, 0.29) is 11.2 Å². The maximum Gasteiger partial charge on any atom is 0.350 e. The van der Waals surface area contributed by atoms with Gasteiger partial charge in [0.15, 0.2) is 0 Å². The van der Waals surface area contributed by atoms with Gasteiger partial charge in [-0.3, -0.25) is 19.5 Å². The van der Waals surface area contributed by atoms with Crippen LogP contribution in [0.2, 0.25) is 0 Å². The molecule has 1 N–H and O–H groups in total. The Labute approximate surface area is 118 Å². The van der Waals surface area contributed by atoms with Crippen LogP contribution in [0.1, 0.15) is 0 Å². The standard InChI is InChI=1S/C14H11N3O4/c1-21-15-14(18)16-11-7-3-2-5-9(11)10-6-4-8-12(13(10)16)17(19)20/h2-8H,1H3,(H,15,18). The van der Waals surface area contributed by atoms with E-state index in [1.54, 1.807) is 24.3 Å².